The Morgan fingerprint density at radius 2 is 2.04 bits per heavy atom. The molecule has 2 aliphatic rings. The average Bonchev–Trinajstić information content (AvgIpc) is 3.05. The monoisotopic (exact) mass is 369 g/mol. The van der Waals surface area contributed by atoms with Crippen LogP contribution in [0.25, 0.3) is 10.9 Å². The number of hydrogen-bond donors (Lipinski definition) is 1. The molecule has 1 aromatic heterocycles. The van der Waals surface area contributed by atoms with Crippen LogP contribution in [0.4, 0.5) is 0 Å². The van der Waals surface area contributed by atoms with E-state index in [0.29, 0.717) is 25.2 Å². The summed E-state index contributed by atoms with van der Waals surface area (Å²) in [4.78, 5) is 31.8. The number of nitrogens with zero attached hydrogens (tertiary/aromatic N) is 4. The zero-order chi connectivity index (χ0) is 19.0. The third-order valence-electron chi connectivity index (χ3n) is 6.35. The highest BCUT2D eigenvalue weighted by Gasteiger charge is 2.43. The second-order valence-electron chi connectivity index (χ2n) is 7.71. The molecule has 2 fully saturated rings. The van der Waals surface area contributed by atoms with Gasteiger partial charge in [-0.3, -0.25) is 19.6 Å². The molecule has 1 unspecified atom stereocenters. The van der Waals surface area contributed by atoms with Crippen molar-refractivity contribution < 1.29 is 9.59 Å². The van der Waals surface area contributed by atoms with Gasteiger partial charge in [0.05, 0.1) is 5.52 Å². The number of piperazine rings is 1. The molecule has 2 amide bonds. The van der Waals surface area contributed by atoms with Crippen LogP contribution < -0.4 is 0 Å². The van der Waals surface area contributed by atoms with Crippen LogP contribution in [0.15, 0.2) is 24.3 Å². The SMILES string of the molecule is CCN1CCC2(CCC1=O)CN(C(=O)c1n[nH]c3ccccc13)CCN2C. The Morgan fingerprint density at radius 3 is 2.85 bits per heavy atom. The van der Waals surface area contributed by atoms with E-state index >= 15 is 0 Å². The van der Waals surface area contributed by atoms with Crippen molar-refractivity contribution in [1.82, 2.24) is 24.9 Å². The van der Waals surface area contributed by atoms with E-state index in [1.807, 2.05) is 41.0 Å². The van der Waals surface area contributed by atoms with Crippen molar-refractivity contribution in [1.29, 1.82) is 0 Å². The quantitative estimate of drug-likeness (QED) is 0.875. The lowest BCUT2D eigenvalue weighted by Gasteiger charge is -2.49. The molecular weight excluding hydrogens is 342 g/mol. The highest BCUT2D eigenvalue weighted by atomic mass is 16.2. The summed E-state index contributed by atoms with van der Waals surface area (Å²) in [5.74, 6) is 0.201. The first kappa shape index (κ1) is 18.0. The summed E-state index contributed by atoms with van der Waals surface area (Å²) in [6.07, 6.45) is 2.24. The lowest BCUT2D eigenvalue weighted by molar-refractivity contribution is -0.130. The van der Waals surface area contributed by atoms with Crippen LogP contribution in [0.5, 0.6) is 0 Å². The van der Waals surface area contributed by atoms with Crippen LogP contribution in [0, 0.1) is 0 Å². The molecule has 2 saturated heterocycles. The third-order valence-corrected chi connectivity index (χ3v) is 6.35. The van der Waals surface area contributed by atoms with Gasteiger partial charge in [0, 0.05) is 50.1 Å². The molecule has 4 rings (SSSR count). The smallest absolute Gasteiger partial charge is 0.275 e. The van der Waals surface area contributed by atoms with Crippen LogP contribution in [-0.4, -0.2) is 82.0 Å². The van der Waals surface area contributed by atoms with E-state index in [-0.39, 0.29) is 17.4 Å². The maximum atomic E-state index is 13.2. The predicted molar refractivity (Wildman–Crippen MR) is 103 cm³/mol. The molecule has 27 heavy (non-hydrogen) atoms. The largest absolute Gasteiger partial charge is 0.343 e. The number of aromatic amines is 1. The molecule has 144 valence electrons. The lowest BCUT2D eigenvalue weighted by Crippen LogP contribution is -2.62. The number of para-hydroxylation sites is 1. The first-order chi connectivity index (χ1) is 13.0. The van der Waals surface area contributed by atoms with Gasteiger partial charge in [0.1, 0.15) is 0 Å². The maximum Gasteiger partial charge on any atom is 0.275 e. The highest BCUT2D eigenvalue weighted by Crippen LogP contribution is 2.33. The van der Waals surface area contributed by atoms with E-state index in [4.69, 9.17) is 0 Å². The standard InChI is InChI=1S/C20H27N5O2/c1-3-24-11-10-20(9-8-17(24)26)14-25(13-12-23(20)2)19(27)18-15-6-4-5-7-16(15)21-22-18/h4-7H,3,8-14H2,1-2H3,(H,21,22). The number of rotatable bonds is 2. The molecule has 1 atom stereocenters. The minimum Gasteiger partial charge on any atom is -0.343 e. The maximum absolute atomic E-state index is 13.2. The second kappa shape index (κ2) is 6.96. The first-order valence-electron chi connectivity index (χ1n) is 9.75. The number of likely N-dealkylation sites (N-methyl/N-ethyl adjacent to an activating group) is 1. The van der Waals surface area contributed by atoms with Gasteiger partial charge in [0.25, 0.3) is 5.91 Å². The Labute approximate surface area is 159 Å². The minimum absolute atomic E-state index is 0.0251. The summed E-state index contributed by atoms with van der Waals surface area (Å²) < 4.78 is 0. The average molecular weight is 369 g/mol. The normalized spacial score (nSPS) is 24.6. The molecule has 1 N–H and O–H groups in total. The lowest BCUT2D eigenvalue weighted by atomic mass is 9.86. The number of nitrogens with one attached hydrogen (secondary N) is 1. The molecule has 1 aromatic carbocycles. The zero-order valence-corrected chi connectivity index (χ0v) is 16.1. The Morgan fingerprint density at radius 1 is 1.22 bits per heavy atom. The van der Waals surface area contributed by atoms with Gasteiger partial charge in [-0.2, -0.15) is 5.10 Å². The van der Waals surface area contributed by atoms with E-state index in [1.165, 1.54) is 0 Å². The number of fused-ring (bicyclic) bond motifs is 1. The number of amides is 2. The number of likely N-dealkylation sites (tertiary alicyclic amines) is 1. The van der Waals surface area contributed by atoms with Crippen molar-refractivity contribution in [2.75, 3.05) is 39.8 Å². The van der Waals surface area contributed by atoms with E-state index in [9.17, 15) is 9.59 Å². The van der Waals surface area contributed by atoms with Gasteiger partial charge in [-0.15, -0.1) is 0 Å². The summed E-state index contributed by atoms with van der Waals surface area (Å²) in [7, 11) is 2.12. The number of aromatic nitrogens is 2. The minimum atomic E-state index is -0.139. The Kier molecular flexibility index (Phi) is 4.63. The van der Waals surface area contributed by atoms with Crippen molar-refractivity contribution in [3.8, 4) is 0 Å². The van der Waals surface area contributed by atoms with Gasteiger partial charge in [-0.05, 0) is 32.9 Å². The van der Waals surface area contributed by atoms with E-state index in [0.717, 1.165) is 43.4 Å². The number of benzene rings is 1. The van der Waals surface area contributed by atoms with Crippen LogP contribution in [-0.2, 0) is 4.79 Å². The van der Waals surface area contributed by atoms with Gasteiger partial charge in [-0.1, -0.05) is 18.2 Å². The molecule has 3 heterocycles. The summed E-state index contributed by atoms with van der Waals surface area (Å²) >= 11 is 0. The van der Waals surface area contributed by atoms with E-state index in [1.54, 1.807) is 0 Å². The Bertz CT molecular complexity index is 863. The van der Waals surface area contributed by atoms with Crippen molar-refractivity contribution in [3.63, 3.8) is 0 Å². The van der Waals surface area contributed by atoms with Crippen molar-refractivity contribution >= 4 is 22.7 Å². The van der Waals surface area contributed by atoms with Crippen LogP contribution in [0.2, 0.25) is 0 Å². The topological polar surface area (TPSA) is 72.5 Å². The van der Waals surface area contributed by atoms with Crippen LogP contribution >= 0.6 is 0 Å². The molecule has 0 saturated carbocycles. The van der Waals surface area contributed by atoms with Crippen LogP contribution in [0.3, 0.4) is 0 Å². The van der Waals surface area contributed by atoms with E-state index < -0.39 is 0 Å². The Hall–Kier alpha value is -2.41. The van der Waals surface area contributed by atoms with E-state index in [2.05, 4.69) is 22.1 Å². The summed E-state index contributed by atoms with van der Waals surface area (Å²) in [5.41, 5.74) is 1.23. The molecule has 0 bridgehead atoms. The summed E-state index contributed by atoms with van der Waals surface area (Å²) in [6, 6.07) is 7.72. The molecule has 0 aliphatic carbocycles. The van der Waals surface area contributed by atoms with Gasteiger partial charge in [0.2, 0.25) is 5.91 Å². The molecule has 0 radical (unpaired) electrons. The van der Waals surface area contributed by atoms with Crippen LogP contribution in [0.1, 0.15) is 36.7 Å². The third kappa shape index (κ3) is 3.10. The second-order valence-corrected chi connectivity index (χ2v) is 7.71. The van der Waals surface area contributed by atoms with Crippen molar-refractivity contribution in [3.05, 3.63) is 30.0 Å². The first-order valence-corrected chi connectivity index (χ1v) is 9.75. The molecule has 2 aromatic rings. The molecule has 2 aliphatic heterocycles. The number of hydrogen-bond acceptors (Lipinski definition) is 4. The Balaban J connectivity index is 1.58. The van der Waals surface area contributed by atoms with Gasteiger partial charge < -0.3 is 9.80 Å². The fraction of sp³-hybridized carbons (Fsp3) is 0.550. The van der Waals surface area contributed by atoms with Gasteiger partial charge in [0.15, 0.2) is 5.69 Å². The number of H-pyrrole nitrogens is 1. The van der Waals surface area contributed by atoms with Crippen molar-refractivity contribution in [2.24, 2.45) is 0 Å². The fourth-order valence-corrected chi connectivity index (χ4v) is 4.48. The molecular formula is C20H27N5O2. The molecule has 7 heteroatoms. The molecule has 1 spiro atoms. The van der Waals surface area contributed by atoms with Crippen molar-refractivity contribution in [2.45, 2.75) is 31.7 Å². The number of carbonyl (C=O) groups is 2. The zero-order valence-electron chi connectivity index (χ0n) is 16.1. The highest BCUT2D eigenvalue weighted by molar-refractivity contribution is 6.04. The van der Waals surface area contributed by atoms with Gasteiger partial charge >= 0.3 is 0 Å². The summed E-state index contributed by atoms with van der Waals surface area (Å²) in [6.45, 7) is 5.68. The predicted octanol–water partition coefficient (Wildman–Crippen LogP) is 1.72. The summed E-state index contributed by atoms with van der Waals surface area (Å²) in [5, 5.41) is 8.11. The fourth-order valence-electron chi connectivity index (χ4n) is 4.48. The molecule has 7 nitrogen and oxygen atoms in total. The van der Waals surface area contributed by atoms with Gasteiger partial charge in [-0.25, -0.2) is 0 Å². The number of carbonyl (C=O) groups excluding carboxylic acids is 2.